The van der Waals surface area contributed by atoms with Crippen LogP contribution in [0, 0.1) is 0 Å². The van der Waals surface area contributed by atoms with Gasteiger partial charge in [0.15, 0.2) is 0 Å². The number of hydrogen-bond donors (Lipinski definition) is 1. The number of aromatic amines is 1. The quantitative estimate of drug-likeness (QED) is 0.848. The van der Waals surface area contributed by atoms with E-state index in [-0.39, 0.29) is 5.56 Å². The third-order valence-electron chi connectivity index (χ3n) is 2.65. The number of anilines is 1. The van der Waals surface area contributed by atoms with Crippen LogP contribution >= 0.6 is 11.8 Å². The first-order valence-electron chi connectivity index (χ1n) is 5.61. The van der Waals surface area contributed by atoms with E-state index in [1.54, 1.807) is 6.07 Å². The Balaban J connectivity index is 2.29. The molecule has 0 radical (unpaired) electrons. The summed E-state index contributed by atoms with van der Waals surface area (Å²) in [5.74, 6) is 3.24. The van der Waals surface area contributed by atoms with Crippen molar-refractivity contribution in [2.75, 3.05) is 29.5 Å². The number of rotatable bonds is 2. The molecule has 0 atom stereocenters. The molecular weight excluding hydrogens is 222 g/mol. The lowest BCUT2D eigenvalue weighted by Gasteiger charge is -2.27. The standard InChI is InChI=1S/C11H17N3OS/c1-8(2)9-7-10(15)13-11(12-9)14-3-5-16-6-4-14/h7-8H,3-6H2,1-2H3,(H,12,13,15). The van der Waals surface area contributed by atoms with E-state index in [4.69, 9.17) is 0 Å². The van der Waals surface area contributed by atoms with Gasteiger partial charge in [0.05, 0.1) is 5.69 Å². The van der Waals surface area contributed by atoms with E-state index in [0.29, 0.717) is 5.92 Å². The molecule has 0 spiro atoms. The van der Waals surface area contributed by atoms with Gasteiger partial charge in [-0.2, -0.15) is 11.8 Å². The summed E-state index contributed by atoms with van der Waals surface area (Å²) in [6, 6.07) is 1.59. The molecule has 1 aromatic heterocycles. The minimum Gasteiger partial charge on any atom is -0.341 e. The number of thioether (sulfide) groups is 1. The largest absolute Gasteiger partial charge is 0.341 e. The molecule has 16 heavy (non-hydrogen) atoms. The lowest BCUT2D eigenvalue weighted by Crippen LogP contribution is -2.35. The Kier molecular flexibility index (Phi) is 3.53. The fourth-order valence-corrected chi connectivity index (χ4v) is 2.59. The first kappa shape index (κ1) is 11.5. The zero-order valence-electron chi connectivity index (χ0n) is 9.69. The third-order valence-corrected chi connectivity index (χ3v) is 3.59. The Morgan fingerprint density at radius 1 is 1.44 bits per heavy atom. The highest BCUT2D eigenvalue weighted by molar-refractivity contribution is 7.99. The molecule has 2 heterocycles. The Morgan fingerprint density at radius 3 is 2.75 bits per heavy atom. The molecule has 1 N–H and O–H groups in total. The molecule has 0 aliphatic carbocycles. The van der Waals surface area contributed by atoms with Gasteiger partial charge in [0.1, 0.15) is 0 Å². The normalized spacial score (nSPS) is 16.8. The molecule has 0 bridgehead atoms. The van der Waals surface area contributed by atoms with Crippen LogP contribution in [0.2, 0.25) is 0 Å². The Morgan fingerprint density at radius 2 is 2.12 bits per heavy atom. The van der Waals surface area contributed by atoms with E-state index in [2.05, 4.69) is 28.7 Å². The van der Waals surface area contributed by atoms with Gasteiger partial charge in [-0.3, -0.25) is 9.78 Å². The molecular formula is C11H17N3OS. The Hall–Kier alpha value is -0.970. The fraction of sp³-hybridized carbons (Fsp3) is 0.636. The summed E-state index contributed by atoms with van der Waals surface area (Å²) in [7, 11) is 0. The SMILES string of the molecule is CC(C)c1cc(=O)[nH]c(N2CCSCC2)n1. The maximum atomic E-state index is 11.5. The van der Waals surface area contributed by atoms with Crippen LogP contribution in [-0.4, -0.2) is 34.6 Å². The number of nitrogens with one attached hydrogen (secondary N) is 1. The van der Waals surface area contributed by atoms with Crippen LogP contribution in [0.15, 0.2) is 10.9 Å². The predicted molar refractivity (Wildman–Crippen MR) is 68.5 cm³/mol. The van der Waals surface area contributed by atoms with Gasteiger partial charge in [0.2, 0.25) is 5.95 Å². The average Bonchev–Trinajstić information content (AvgIpc) is 2.29. The van der Waals surface area contributed by atoms with Crippen molar-refractivity contribution in [2.24, 2.45) is 0 Å². The predicted octanol–water partition coefficient (Wildman–Crippen LogP) is 1.45. The zero-order chi connectivity index (χ0) is 11.5. The van der Waals surface area contributed by atoms with Crippen molar-refractivity contribution < 1.29 is 0 Å². The van der Waals surface area contributed by atoms with Crippen LogP contribution < -0.4 is 10.5 Å². The van der Waals surface area contributed by atoms with E-state index >= 15 is 0 Å². The molecule has 1 saturated heterocycles. The molecule has 88 valence electrons. The molecule has 0 aromatic carbocycles. The monoisotopic (exact) mass is 239 g/mol. The molecule has 0 saturated carbocycles. The maximum absolute atomic E-state index is 11.5. The molecule has 2 rings (SSSR count). The zero-order valence-corrected chi connectivity index (χ0v) is 10.5. The highest BCUT2D eigenvalue weighted by Crippen LogP contribution is 2.16. The first-order valence-corrected chi connectivity index (χ1v) is 6.76. The smallest absolute Gasteiger partial charge is 0.252 e. The molecule has 1 fully saturated rings. The molecule has 1 aliphatic heterocycles. The summed E-state index contributed by atoms with van der Waals surface area (Å²) in [5, 5.41) is 0. The molecule has 0 amide bonds. The average molecular weight is 239 g/mol. The Bertz CT molecular complexity index is 410. The minimum atomic E-state index is -0.0491. The van der Waals surface area contributed by atoms with Crippen molar-refractivity contribution in [2.45, 2.75) is 19.8 Å². The summed E-state index contributed by atoms with van der Waals surface area (Å²) in [6.45, 7) is 6.04. The van der Waals surface area contributed by atoms with Crippen molar-refractivity contribution in [3.63, 3.8) is 0 Å². The van der Waals surface area contributed by atoms with Gasteiger partial charge in [-0.15, -0.1) is 0 Å². The van der Waals surface area contributed by atoms with Crippen LogP contribution in [-0.2, 0) is 0 Å². The van der Waals surface area contributed by atoms with Crippen LogP contribution in [0.4, 0.5) is 5.95 Å². The van der Waals surface area contributed by atoms with E-state index in [1.807, 2.05) is 11.8 Å². The highest BCUT2D eigenvalue weighted by atomic mass is 32.2. The summed E-state index contributed by atoms with van der Waals surface area (Å²) in [4.78, 5) is 21.0. The van der Waals surface area contributed by atoms with Crippen molar-refractivity contribution in [1.29, 1.82) is 0 Å². The van der Waals surface area contributed by atoms with Gasteiger partial charge in [-0.05, 0) is 5.92 Å². The van der Waals surface area contributed by atoms with Crippen LogP contribution in [0.25, 0.3) is 0 Å². The van der Waals surface area contributed by atoms with Gasteiger partial charge < -0.3 is 4.90 Å². The van der Waals surface area contributed by atoms with E-state index in [1.165, 1.54) is 0 Å². The molecule has 0 unspecified atom stereocenters. The van der Waals surface area contributed by atoms with Crippen molar-refractivity contribution in [3.8, 4) is 0 Å². The lowest BCUT2D eigenvalue weighted by atomic mass is 10.1. The van der Waals surface area contributed by atoms with Crippen LogP contribution in [0.5, 0.6) is 0 Å². The third kappa shape index (κ3) is 2.58. The van der Waals surface area contributed by atoms with Gasteiger partial charge in [0.25, 0.3) is 5.56 Å². The van der Waals surface area contributed by atoms with E-state index in [9.17, 15) is 4.79 Å². The van der Waals surface area contributed by atoms with Crippen molar-refractivity contribution in [3.05, 3.63) is 22.1 Å². The summed E-state index contributed by atoms with van der Waals surface area (Å²) >= 11 is 1.95. The van der Waals surface area contributed by atoms with Crippen molar-refractivity contribution >= 4 is 17.7 Å². The highest BCUT2D eigenvalue weighted by Gasteiger charge is 2.14. The van der Waals surface area contributed by atoms with Gasteiger partial charge in [-0.25, -0.2) is 4.98 Å². The summed E-state index contributed by atoms with van der Waals surface area (Å²) in [6.07, 6.45) is 0. The maximum Gasteiger partial charge on any atom is 0.252 e. The summed E-state index contributed by atoms with van der Waals surface area (Å²) < 4.78 is 0. The van der Waals surface area contributed by atoms with E-state index in [0.717, 1.165) is 36.2 Å². The second-order valence-corrected chi connectivity index (χ2v) is 5.47. The number of nitrogens with zero attached hydrogens (tertiary/aromatic N) is 2. The summed E-state index contributed by atoms with van der Waals surface area (Å²) in [5.41, 5.74) is 0.823. The van der Waals surface area contributed by atoms with Gasteiger partial charge >= 0.3 is 0 Å². The van der Waals surface area contributed by atoms with Gasteiger partial charge in [0, 0.05) is 30.7 Å². The second-order valence-electron chi connectivity index (χ2n) is 4.25. The van der Waals surface area contributed by atoms with Crippen LogP contribution in [0.1, 0.15) is 25.5 Å². The number of H-pyrrole nitrogens is 1. The van der Waals surface area contributed by atoms with Gasteiger partial charge in [-0.1, -0.05) is 13.8 Å². The lowest BCUT2D eigenvalue weighted by molar-refractivity contribution is 0.766. The molecule has 4 nitrogen and oxygen atoms in total. The van der Waals surface area contributed by atoms with Crippen molar-refractivity contribution in [1.82, 2.24) is 9.97 Å². The first-order chi connectivity index (χ1) is 7.66. The topological polar surface area (TPSA) is 49.0 Å². The molecule has 1 aliphatic rings. The molecule has 1 aromatic rings. The van der Waals surface area contributed by atoms with Crippen LogP contribution in [0.3, 0.4) is 0 Å². The second kappa shape index (κ2) is 4.91. The molecule has 5 heteroatoms. The fourth-order valence-electron chi connectivity index (χ4n) is 1.68. The minimum absolute atomic E-state index is 0.0491. The number of hydrogen-bond acceptors (Lipinski definition) is 4. The Labute approximate surface area is 99.5 Å². The number of aromatic nitrogens is 2. The van der Waals surface area contributed by atoms with E-state index < -0.39 is 0 Å².